The van der Waals surface area contributed by atoms with Crippen LogP contribution in [-0.4, -0.2) is 22.1 Å². The van der Waals surface area contributed by atoms with Crippen LogP contribution >= 0.6 is 0 Å². The number of Topliss-reactive ketones (excluding diaryl/α,β-unsaturated/α-hetero) is 1. The monoisotopic (exact) mass is 257 g/mol. The molecule has 2 rings (SSSR count). The lowest BCUT2D eigenvalue weighted by atomic mass is 9.98. The van der Waals surface area contributed by atoms with E-state index in [1.54, 1.807) is 16.9 Å². The molecule has 0 aliphatic heterocycles. The molecule has 100 valence electrons. The van der Waals surface area contributed by atoms with E-state index in [-0.39, 0.29) is 11.7 Å². The number of para-hydroxylation sites is 1. The lowest BCUT2D eigenvalue weighted by molar-refractivity contribution is 0.0953. The second-order valence-corrected chi connectivity index (χ2v) is 4.60. The molecule has 0 saturated carbocycles. The Bertz CT molecular complexity index is 529. The zero-order valence-corrected chi connectivity index (χ0v) is 11.1. The number of benzene rings is 1. The minimum atomic E-state index is 0.0960. The normalized spacial score (nSPS) is 12.3. The summed E-state index contributed by atoms with van der Waals surface area (Å²) < 4.78 is 1.69. The molecule has 1 unspecified atom stereocenters. The Morgan fingerprint density at radius 3 is 2.68 bits per heavy atom. The minimum Gasteiger partial charge on any atom is -0.330 e. The highest BCUT2D eigenvalue weighted by molar-refractivity contribution is 5.95. The fourth-order valence-corrected chi connectivity index (χ4v) is 2.05. The van der Waals surface area contributed by atoms with Crippen LogP contribution in [0, 0.1) is 5.92 Å². The predicted molar refractivity (Wildman–Crippen MR) is 75.3 cm³/mol. The van der Waals surface area contributed by atoms with Gasteiger partial charge in [-0.25, -0.2) is 4.68 Å². The molecule has 0 aliphatic carbocycles. The van der Waals surface area contributed by atoms with Crippen LogP contribution in [0.15, 0.2) is 42.6 Å². The van der Waals surface area contributed by atoms with Crippen LogP contribution in [-0.2, 0) is 0 Å². The van der Waals surface area contributed by atoms with Crippen molar-refractivity contribution in [2.45, 2.75) is 19.8 Å². The molecular formula is C15H19N3O. The van der Waals surface area contributed by atoms with E-state index in [1.165, 1.54) is 0 Å². The van der Waals surface area contributed by atoms with E-state index in [9.17, 15) is 4.79 Å². The summed E-state index contributed by atoms with van der Waals surface area (Å²) in [5.74, 6) is 0.338. The highest BCUT2D eigenvalue weighted by Gasteiger charge is 2.17. The number of rotatable bonds is 6. The van der Waals surface area contributed by atoms with E-state index < -0.39 is 0 Å². The summed E-state index contributed by atoms with van der Waals surface area (Å²) in [6.45, 7) is 2.60. The van der Waals surface area contributed by atoms with Crippen molar-refractivity contribution in [3.8, 4) is 5.69 Å². The van der Waals surface area contributed by atoms with E-state index in [0.29, 0.717) is 18.7 Å². The molecule has 0 saturated heterocycles. The molecule has 0 amide bonds. The number of aromatic nitrogens is 2. The van der Waals surface area contributed by atoms with Crippen molar-refractivity contribution in [1.29, 1.82) is 0 Å². The number of carbonyl (C=O) groups is 1. The van der Waals surface area contributed by atoms with Gasteiger partial charge in [0.1, 0.15) is 5.69 Å². The van der Waals surface area contributed by atoms with Crippen LogP contribution in [0.5, 0.6) is 0 Å². The first-order valence-electron chi connectivity index (χ1n) is 6.59. The molecule has 0 bridgehead atoms. The third kappa shape index (κ3) is 3.09. The van der Waals surface area contributed by atoms with Crippen LogP contribution < -0.4 is 5.73 Å². The summed E-state index contributed by atoms with van der Waals surface area (Å²) in [5.41, 5.74) is 7.18. The highest BCUT2D eigenvalue weighted by atomic mass is 16.1. The Labute approximate surface area is 113 Å². The second kappa shape index (κ2) is 6.29. The summed E-state index contributed by atoms with van der Waals surface area (Å²) in [6, 6.07) is 11.4. The third-order valence-electron chi connectivity index (χ3n) is 3.31. The van der Waals surface area contributed by atoms with Gasteiger partial charge in [-0.05, 0) is 30.7 Å². The number of nitrogens with zero attached hydrogens (tertiary/aromatic N) is 2. The van der Waals surface area contributed by atoms with Gasteiger partial charge in [-0.15, -0.1) is 0 Å². The molecule has 0 aliphatic rings. The standard InChI is InChI=1S/C15H19N3O/c1-2-12(11-16)10-15(19)14-8-9-17-18(14)13-6-4-3-5-7-13/h3-9,12H,2,10-11,16H2,1H3. The zero-order valence-electron chi connectivity index (χ0n) is 11.1. The first-order valence-corrected chi connectivity index (χ1v) is 6.59. The fraction of sp³-hybridized carbons (Fsp3) is 0.333. The largest absolute Gasteiger partial charge is 0.330 e. The molecular weight excluding hydrogens is 238 g/mol. The van der Waals surface area contributed by atoms with Gasteiger partial charge in [0, 0.05) is 6.42 Å². The SMILES string of the molecule is CCC(CN)CC(=O)c1ccnn1-c1ccccc1. The minimum absolute atomic E-state index is 0.0960. The molecule has 1 heterocycles. The van der Waals surface area contributed by atoms with Crippen LogP contribution in [0.1, 0.15) is 30.3 Å². The zero-order chi connectivity index (χ0) is 13.7. The molecule has 0 spiro atoms. The van der Waals surface area contributed by atoms with E-state index in [2.05, 4.69) is 12.0 Å². The van der Waals surface area contributed by atoms with E-state index in [1.807, 2.05) is 30.3 Å². The maximum Gasteiger partial charge on any atom is 0.181 e. The smallest absolute Gasteiger partial charge is 0.181 e. The fourth-order valence-electron chi connectivity index (χ4n) is 2.05. The number of hydrogen-bond donors (Lipinski definition) is 1. The molecule has 19 heavy (non-hydrogen) atoms. The quantitative estimate of drug-likeness (QED) is 0.808. The molecule has 2 aromatic rings. The van der Waals surface area contributed by atoms with Gasteiger partial charge in [0.15, 0.2) is 5.78 Å². The number of carbonyl (C=O) groups excluding carboxylic acids is 1. The highest BCUT2D eigenvalue weighted by Crippen LogP contribution is 2.15. The van der Waals surface area contributed by atoms with Gasteiger partial charge >= 0.3 is 0 Å². The molecule has 1 aromatic carbocycles. The van der Waals surface area contributed by atoms with Gasteiger partial charge in [0.2, 0.25) is 0 Å². The summed E-state index contributed by atoms with van der Waals surface area (Å²) >= 11 is 0. The number of ketones is 1. The molecule has 1 aromatic heterocycles. The van der Waals surface area contributed by atoms with Crippen molar-refractivity contribution in [3.05, 3.63) is 48.3 Å². The maximum absolute atomic E-state index is 12.3. The van der Waals surface area contributed by atoms with Gasteiger partial charge in [0.05, 0.1) is 11.9 Å². The van der Waals surface area contributed by atoms with Gasteiger partial charge in [-0.2, -0.15) is 5.10 Å². The molecule has 2 N–H and O–H groups in total. The first kappa shape index (κ1) is 13.5. The first-order chi connectivity index (χ1) is 9.26. The van der Waals surface area contributed by atoms with Crippen molar-refractivity contribution in [3.63, 3.8) is 0 Å². The van der Waals surface area contributed by atoms with Gasteiger partial charge in [0.25, 0.3) is 0 Å². The van der Waals surface area contributed by atoms with Crippen molar-refractivity contribution in [2.75, 3.05) is 6.54 Å². The second-order valence-electron chi connectivity index (χ2n) is 4.60. The van der Waals surface area contributed by atoms with Crippen LogP contribution in [0.2, 0.25) is 0 Å². The van der Waals surface area contributed by atoms with Gasteiger partial charge < -0.3 is 5.73 Å². The Morgan fingerprint density at radius 1 is 1.32 bits per heavy atom. The molecule has 4 heteroatoms. The average Bonchev–Trinajstić information content (AvgIpc) is 2.95. The Hall–Kier alpha value is -1.94. The summed E-state index contributed by atoms with van der Waals surface area (Å²) in [7, 11) is 0. The topological polar surface area (TPSA) is 60.9 Å². The molecule has 0 radical (unpaired) electrons. The summed E-state index contributed by atoms with van der Waals surface area (Å²) in [4.78, 5) is 12.3. The van der Waals surface area contributed by atoms with Crippen molar-refractivity contribution in [2.24, 2.45) is 11.7 Å². The van der Waals surface area contributed by atoms with E-state index in [0.717, 1.165) is 12.1 Å². The number of nitrogens with two attached hydrogens (primary N) is 1. The lowest BCUT2D eigenvalue weighted by Crippen LogP contribution is -2.19. The van der Waals surface area contributed by atoms with Crippen molar-refractivity contribution >= 4 is 5.78 Å². The molecule has 1 atom stereocenters. The van der Waals surface area contributed by atoms with Crippen LogP contribution in [0.3, 0.4) is 0 Å². The Morgan fingerprint density at radius 2 is 2.05 bits per heavy atom. The molecule has 4 nitrogen and oxygen atoms in total. The van der Waals surface area contributed by atoms with Crippen LogP contribution in [0.4, 0.5) is 0 Å². The lowest BCUT2D eigenvalue weighted by Gasteiger charge is -2.12. The van der Waals surface area contributed by atoms with Crippen molar-refractivity contribution in [1.82, 2.24) is 9.78 Å². The summed E-state index contributed by atoms with van der Waals surface area (Å²) in [5, 5.41) is 4.23. The van der Waals surface area contributed by atoms with Crippen molar-refractivity contribution < 1.29 is 4.79 Å². The summed E-state index contributed by atoms with van der Waals surface area (Å²) in [6.07, 6.45) is 3.05. The predicted octanol–water partition coefficient (Wildman–Crippen LogP) is 2.43. The maximum atomic E-state index is 12.3. The van der Waals surface area contributed by atoms with E-state index >= 15 is 0 Å². The van der Waals surface area contributed by atoms with E-state index in [4.69, 9.17) is 5.73 Å². The molecule has 0 fully saturated rings. The van der Waals surface area contributed by atoms with Crippen LogP contribution in [0.25, 0.3) is 5.69 Å². The van der Waals surface area contributed by atoms with Gasteiger partial charge in [-0.3, -0.25) is 4.79 Å². The Kier molecular flexibility index (Phi) is 4.47. The average molecular weight is 257 g/mol. The third-order valence-corrected chi connectivity index (χ3v) is 3.31. The Balaban J connectivity index is 2.23. The van der Waals surface area contributed by atoms with Gasteiger partial charge in [-0.1, -0.05) is 31.5 Å². The number of hydrogen-bond acceptors (Lipinski definition) is 3.